The van der Waals surface area contributed by atoms with Crippen molar-refractivity contribution in [1.82, 2.24) is 9.97 Å². The van der Waals surface area contributed by atoms with Crippen molar-refractivity contribution in [3.05, 3.63) is 23.3 Å². The molecule has 0 radical (unpaired) electrons. The molecule has 5 nitrogen and oxygen atoms in total. The highest BCUT2D eigenvalue weighted by Gasteiger charge is 2.38. The minimum Gasteiger partial charge on any atom is -0.462 e. The lowest BCUT2D eigenvalue weighted by Gasteiger charge is -2.11. The van der Waals surface area contributed by atoms with Gasteiger partial charge in [-0.25, -0.2) is 14.8 Å². The Labute approximate surface area is 111 Å². The molecule has 1 aromatic rings. The van der Waals surface area contributed by atoms with Crippen LogP contribution in [0.5, 0.6) is 0 Å². The van der Waals surface area contributed by atoms with E-state index in [4.69, 9.17) is 0 Å². The van der Waals surface area contributed by atoms with Gasteiger partial charge in [-0.3, -0.25) is 4.79 Å². The molecule has 9 heteroatoms. The first-order valence-electron chi connectivity index (χ1n) is 5.07. The summed E-state index contributed by atoms with van der Waals surface area (Å²) in [6.07, 6.45) is -4.62. The van der Waals surface area contributed by atoms with Crippen LogP contribution in [0.1, 0.15) is 28.8 Å². The first kappa shape index (κ1) is 15.4. The van der Waals surface area contributed by atoms with Gasteiger partial charge in [0.1, 0.15) is 11.4 Å². The highest BCUT2D eigenvalue weighted by molar-refractivity contribution is 7.96. The first-order chi connectivity index (χ1) is 8.75. The molecule has 0 aliphatic carbocycles. The highest BCUT2D eigenvalue weighted by atomic mass is 32.1. The zero-order valence-corrected chi connectivity index (χ0v) is 10.6. The molecule has 19 heavy (non-hydrogen) atoms. The Hall–Kier alpha value is -1.64. The van der Waals surface area contributed by atoms with E-state index in [0.717, 1.165) is 0 Å². The zero-order chi connectivity index (χ0) is 14.6. The third kappa shape index (κ3) is 4.19. The second-order valence-electron chi connectivity index (χ2n) is 3.34. The SMILES string of the molecule is CCOC(=O)c1cnc(CC(=O)S)nc1C(F)(F)F. The Kier molecular flexibility index (Phi) is 4.87. The van der Waals surface area contributed by atoms with Crippen LogP contribution in [-0.4, -0.2) is 27.7 Å². The Bertz CT molecular complexity index is 505. The number of halogens is 3. The minimum absolute atomic E-state index is 0.0764. The third-order valence-corrected chi connectivity index (χ3v) is 2.07. The van der Waals surface area contributed by atoms with Crippen LogP contribution in [0.25, 0.3) is 0 Å². The monoisotopic (exact) mass is 294 g/mol. The van der Waals surface area contributed by atoms with Crippen molar-refractivity contribution in [2.45, 2.75) is 19.5 Å². The molecule has 0 N–H and O–H groups in total. The van der Waals surface area contributed by atoms with Crippen molar-refractivity contribution < 1.29 is 27.5 Å². The molecule has 0 atom stereocenters. The average molecular weight is 294 g/mol. The standard InChI is InChI=1S/C10H9F3N2O3S/c1-2-18-9(17)5-4-14-6(3-7(16)19)15-8(5)10(11,12)13/h4H,2-3H2,1H3,(H,16,19). The van der Waals surface area contributed by atoms with Crippen molar-refractivity contribution in [3.63, 3.8) is 0 Å². The van der Waals surface area contributed by atoms with E-state index in [-0.39, 0.29) is 12.4 Å². The summed E-state index contributed by atoms with van der Waals surface area (Å²) < 4.78 is 42.8. The van der Waals surface area contributed by atoms with Gasteiger partial charge in [0.15, 0.2) is 10.8 Å². The molecule has 1 rings (SSSR count). The maximum atomic E-state index is 12.8. The van der Waals surface area contributed by atoms with E-state index in [0.29, 0.717) is 6.20 Å². The van der Waals surface area contributed by atoms with Crippen LogP contribution in [0.4, 0.5) is 13.2 Å². The number of ether oxygens (including phenoxy) is 1. The van der Waals surface area contributed by atoms with E-state index >= 15 is 0 Å². The van der Waals surface area contributed by atoms with Crippen LogP contribution >= 0.6 is 12.6 Å². The van der Waals surface area contributed by atoms with Crippen LogP contribution in [0.2, 0.25) is 0 Å². The Morgan fingerprint density at radius 3 is 2.53 bits per heavy atom. The van der Waals surface area contributed by atoms with E-state index in [1.807, 2.05) is 0 Å². The molecular weight excluding hydrogens is 285 g/mol. The summed E-state index contributed by atoms with van der Waals surface area (Å²) in [6, 6.07) is 0. The summed E-state index contributed by atoms with van der Waals surface area (Å²) in [5.41, 5.74) is -2.21. The normalized spacial score (nSPS) is 11.2. The van der Waals surface area contributed by atoms with Gasteiger partial charge in [0, 0.05) is 6.20 Å². The Balaban J connectivity index is 3.25. The van der Waals surface area contributed by atoms with Crippen molar-refractivity contribution >= 4 is 23.7 Å². The summed E-state index contributed by atoms with van der Waals surface area (Å²) in [5.74, 6) is -1.53. The van der Waals surface area contributed by atoms with Crippen LogP contribution in [-0.2, 0) is 22.1 Å². The topological polar surface area (TPSA) is 69.2 Å². The molecule has 1 aromatic heterocycles. The molecule has 0 amide bonds. The summed E-state index contributed by atoms with van der Waals surface area (Å²) in [7, 11) is 0. The number of thiol groups is 1. The van der Waals surface area contributed by atoms with E-state index in [9.17, 15) is 22.8 Å². The molecule has 0 spiro atoms. The van der Waals surface area contributed by atoms with E-state index in [1.165, 1.54) is 6.92 Å². The molecular formula is C10H9F3N2O3S. The minimum atomic E-state index is -4.85. The van der Waals surface area contributed by atoms with Crippen molar-refractivity contribution in [2.75, 3.05) is 6.61 Å². The molecule has 0 bridgehead atoms. The molecule has 0 saturated heterocycles. The summed E-state index contributed by atoms with van der Waals surface area (Å²) in [6.45, 7) is 1.38. The van der Waals surface area contributed by atoms with Gasteiger partial charge in [0.25, 0.3) is 0 Å². The Morgan fingerprint density at radius 1 is 1.42 bits per heavy atom. The quantitative estimate of drug-likeness (QED) is 0.676. The number of aromatic nitrogens is 2. The predicted octanol–water partition coefficient (Wildman–Crippen LogP) is 1.67. The molecule has 0 aliphatic rings. The van der Waals surface area contributed by atoms with Gasteiger partial charge in [-0.2, -0.15) is 13.2 Å². The van der Waals surface area contributed by atoms with E-state index < -0.39 is 34.9 Å². The van der Waals surface area contributed by atoms with Gasteiger partial charge in [0.05, 0.1) is 13.0 Å². The third-order valence-electron chi connectivity index (χ3n) is 1.91. The maximum Gasteiger partial charge on any atom is 0.434 e. The van der Waals surface area contributed by atoms with Gasteiger partial charge >= 0.3 is 12.1 Å². The number of hydrogen-bond donors (Lipinski definition) is 1. The van der Waals surface area contributed by atoms with Gasteiger partial charge in [-0.15, -0.1) is 12.6 Å². The van der Waals surface area contributed by atoms with Gasteiger partial charge in [-0.05, 0) is 6.92 Å². The summed E-state index contributed by atoms with van der Waals surface area (Å²) in [5, 5.41) is -0.683. The lowest BCUT2D eigenvalue weighted by molar-refractivity contribution is -0.142. The number of esters is 1. The molecule has 0 aromatic carbocycles. The smallest absolute Gasteiger partial charge is 0.434 e. The van der Waals surface area contributed by atoms with Gasteiger partial charge in [-0.1, -0.05) is 0 Å². The number of carbonyl (C=O) groups excluding carboxylic acids is 2. The van der Waals surface area contributed by atoms with Crippen LogP contribution < -0.4 is 0 Å². The highest BCUT2D eigenvalue weighted by Crippen LogP contribution is 2.30. The van der Waals surface area contributed by atoms with Crippen molar-refractivity contribution in [2.24, 2.45) is 0 Å². The summed E-state index contributed by atoms with van der Waals surface area (Å²) in [4.78, 5) is 28.8. The summed E-state index contributed by atoms with van der Waals surface area (Å²) >= 11 is 3.42. The van der Waals surface area contributed by atoms with Crippen LogP contribution in [0, 0.1) is 0 Å². The predicted molar refractivity (Wildman–Crippen MR) is 60.7 cm³/mol. The molecule has 1 heterocycles. The van der Waals surface area contributed by atoms with E-state index in [1.54, 1.807) is 0 Å². The molecule has 0 aliphatic heterocycles. The fourth-order valence-electron chi connectivity index (χ4n) is 1.21. The van der Waals surface area contributed by atoms with Gasteiger partial charge in [0.2, 0.25) is 0 Å². The average Bonchev–Trinajstić information content (AvgIpc) is 2.27. The number of hydrogen-bond acceptors (Lipinski definition) is 5. The van der Waals surface area contributed by atoms with E-state index in [2.05, 4.69) is 27.3 Å². The second-order valence-corrected chi connectivity index (χ2v) is 3.84. The largest absolute Gasteiger partial charge is 0.462 e. The van der Waals surface area contributed by atoms with Crippen LogP contribution in [0.15, 0.2) is 6.20 Å². The molecule has 0 fully saturated rings. The molecule has 0 unspecified atom stereocenters. The lowest BCUT2D eigenvalue weighted by atomic mass is 10.2. The fourth-order valence-corrected chi connectivity index (χ4v) is 1.35. The van der Waals surface area contributed by atoms with Crippen LogP contribution in [0.3, 0.4) is 0 Å². The number of carbonyl (C=O) groups is 2. The second kappa shape index (κ2) is 6.00. The van der Waals surface area contributed by atoms with Crippen molar-refractivity contribution in [1.29, 1.82) is 0 Å². The molecule has 0 saturated carbocycles. The number of nitrogens with zero attached hydrogens (tertiary/aromatic N) is 2. The van der Waals surface area contributed by atoms with Gasteiger partial charge < -0.3 is 4.74 Å². The Morgan fingerprint density at radius 2 is 2.05 bits per heavy atom. The van der Waals surface area contributed by atoms with Crippen molar-refractivity contribution in [3.8, 4) is 0 Å². The molecule has 104 valence electrons. The fraction of sp³-hybridized carbons (Fsp3) is 0.400. The first-order valence-corrected chi connectivity index (χ1v) is 5.52. The lowest BCUT2D eigenvalue weighted by Crippen LogP contribution is -2.19. The zero-order valence-electron chi connectivity index (χ0n) is 9.69. The maximum absolute atomic E-state index is 12.8. The number of alkyl halides is 3. The number of rotatable bonds is 4.